The van der Waals surface area contributed by atoms with Crippen LogP contribution < -0.4 is 10.1 Å². The summed E-state index contributed by atoms with van der Waals surface area (Å²) >= 11 is 0. The molecule has 0 bridgehead atoms. The number of ether oxygens (including phenoxy) is 1. The molecule has 4 nitrogen and oxygen atoms in total. The van der Waals surface area contributed by atoms with Crippen molar-refractivity contribution >= 4 is 5.91 Å². The molecule has 1 heterocycles. The largest absolute Gasteiger partial charge is 0.457 e. The van der Waals surface area contributed by atoms with E-state index in [-0.39, 0.29) is 11.9 Å². The van der Waals surface area contributed by atoms with Crippen molar-refractivity contribution < 1.29 is 9.53 Å². The first-order valence-corrected chi connectivity index (χ1v) is 6.95. The number of hydrogen-bond donors (Lipinski definition) is 1. The quantitative estimate of drug-likeness (QED) is 0.940. The Morgan fingerprint density at radius 1 is 1.05 bits per heavy atom. The van der Waals surface area contributed by atoms with Crippen LogP contribution in [0.5, 0.6) is 11.5 Å². The lowest BCUT2D eigenvalue weighted by molar-refractivity contribution is -0.122. The lowest BCUT2D eigenvalue weighted by atomic mass is 9.94. The van der Waals surface area contributed by atoms with Crippen LogP contribution in [-0.2, 0) is 4.79 Å². The molecular formula is C17H18N2O2. The molecule has 0 saturated heterocycles. The molecule has 3 rings (SSSR count). The maximum atomic E-state index is 12.1. The van der Waals surface area contributed by atoms with Crippen molar-refractivity contribution in [3.05, 3.63) is 59.7 Å². The van der Waals surface area contributed by atoms with Crippen molar-refractivity contribution in [2.24, 2.45) is 0 Å². The molecule has 1 aliphatic heterocycles. The van der Waals surface area contributed by atoms with Gasteiger partial charge in [0.05, 0.1) is 12.6 Å². The van der Waals surface area contributed by atoms with Gasteiger partial charge in [0, 0.05) is 11.1 Å². The Balaban J connectivity index is 1.97. The highest BCUT2D eigenvalue weighted by molar-refractivity contribution is 5.79. The predicted octanol–water partition coefficient (Wildman–Crippen LogP) is 2.56. The average Bonchev–Trinajstić information content (AvgIpc) is 2.46. The van der Waals surface area contributed by atoms with Crippen LogP contribution in [0.25, 0.3) is 0 Å². The van der Waals surface area contributed by atoms with E-state index < -0.39 is 0 Å². The maximum Gasteiger partial charge on any atom is 0.234 e. The molecule has 21 heavy (non-hydrogen) atoms. The number of nitrogens with one attached hydrogen (secondary N) is 1. The van der Waals surface area contributed by atoms with Crippen molar-refractivity contribution in [2.75, 3.05) is 20.6 Å². The number of hydrogen-bond acceptors (Lipinski definition) is 3. The van der Waals surface area contributed by atoms with Crippen LogP contribution in [0.15, 0.2) is 48.5 Å². The molecule has 0 saturated carbocycles. The van der Waals surface area contributed by atoms with Crippen LogP contribution in [-0.4, -0.2) is 31.4 Å². The van der Waals surface area contributed by atoms with E-state index in [9.17, 15) is 4.79 Å². The van der Waals surface area contributed by atoms with E-state index in [1.807, 2.05) is 67.5 Å². The summed E-state index contributed by atoms with van der Waals surface area (Å²) in [5, 5.41) is 3.10. The molecule has 0 atom stereocenters. The zero-order valence-corrected chi connectivity index (χ0v) is 12.2. The number of rotatable bonds is 3. The molecule has 2 aromatic carbocycles. The van der Waals surface area contributed by atoms with E-state index in [1.165, 1.54) is 0 Å². The summed E-state index contributed by atoms with van der Waals surface area (Å²) in [7, 11) is 3.76. The fourth-order valence-corrected chi connectivity index (χ4v) is 2.56. The zero-order valence-electron chi connectivity index (χ0n) is 12.2. The van der Waals surface area contributed by atoms with Crippen LogP contribution in [0, 0.1) is 0 Å². The third kappa shape index (κ3) is 2.76. The summed E-state index contributed by atoms with van der Waals surface area (Å²) in [6.45, 7) is 0.363. The third-order valence-electron chi connectivity index (χ3n) is 3.45. The van der Waals surface area contributed by atoms with Gasteiger partial charge in [-0.15, -0.1) is 0 Å². The van der Waals surface area contributed by atoms with Gasteiger partial charge in [-0.3, -0.25) is 4.79 Å². The Kier molecular flexibility index (Phi) is 3.62. The van der Waals surface area contributed by atoms with Gasteiger partial charge in [-0.2, -0.15) is 0 Å². The molecule has 4 heteroatoms. The molecule has 0 radical (unpaired) electrons. The topological polar surface area (TPSA) is 41.6 Å². The number of benzene rings is 2. The van der Waals surface area contributed by atoms with Gasteiger partial charge in [-0.25, -0.2) is 0 Å². The molecule has 1 amide bonds. The average molecular weight is 282 g/mol. The van der Waals surface area contributed by atoms with E-state index in [4.69, 9.17) is 4.74 Å². The van der Waals surface area contributed by atoms with Crippen LogP contribution in [0.3, 0.4) is 0 Å². The van der Waals surface area contributed by atoms with Gasteiger partial charge in [0.25, 0.3) is 0 Å². The highest BCUT2D eigenvalue weighted by atomic mass is 16.5. The van der Waals surface area contributed by atoms with Crippen LogP contribution >= 0.6 is 0 Å². The first kappa shape index (κ1) is 13.6. The van der Waals surface area contributed by atoms with Crippen molar-refractivity contribution in [3.63, 3.8) is 0 Å². The second kappa shape index (κ2) is 5.58. The predicted molar refractivity (Wildman–Crippen MR) is 81.5 cm³/mol. The van der Waals surface area contributed by atoms with Crippen molar-refractivity contribution in [1.82, 2.24) is 10.2 Å². The molecule has 0 unspecified atom stereocenters. The number of nitrogens with zero attached hydrogens (tertiary/aromatic N) is 1. The Morgan fingerprint density at radius 2 is 1.57 bits per heavy atom. The molecule has 1 aliphatic rings. The Hall–Kier alpha value is -2.33. The second-order valence-corrected chi connectivity index (χ2v) is 5.42. The summed E-state index contributed by atoms with van der Waals surface area (Å²) in [6.07, 6.45) is 0. The highest BCUT2D eigenvalue weighted by Crippen LogP contribution is 2.42. The van der Waals surface area contributed by atoms with Crippen molar-refractivity contribution in [2.45, 2.75) is 6.04 Å². The summed E-state index contributed by atoms with van der Waals surface area (Å²) in [5.74, 6) is 1.59. The minimum absolute atomic E-state index is 0.00324. The van der Waals surface area contributed by atoms with E-state index in [0.29, 0.717) is 6.54 Å². The van der Waals surface area contributed by atoms with Crippen molar-refractivity contribution in [1.29, 1.82) is 0 Å². The zero-order chi connectivity index (χ0) is 14.8. The normalized spacial score (nSPS) is 13.3. The Morgan fingerprint density at radius 3 is 2.10 bits per heavy atom. The van der Waals surface area contributed by atoms with E-state index in [1.54, 1.807) is 0 Å². The molecule has 0 aliphatic carbocycles. The number of carbonyl (C=O) groups is 1. The monoisotopic (exact) mass is 282 g/mol. The molecule has 2 aromatic rings. The minimum atomic E-state index is -0.168. The second-order valence-electron chi connectivity index (χ2n) is 5.42. The van der Waals surface area contributed by atoms with E-state index >= 15 is 0 Å². The fourth-order valence-electron chi connectivity index (χ4n) is 2.56. The van der Waals surface area contributed by atoms with E-state index in [2.05, 4.69) is 5.32 Å². The molecule has 108 valence electrons. The van der Waals surface area contributed by atoms with Gasteiger partial charge in [-0.05, 0) is 26.2 Å². The van der Waals surface area contributed by atoms with Crippen LogP contribution in [0.1, 0.15) is 17.2 Å². The van der Waals surface area contributed by atoms with Gasteiger partial charge in [0.15, 0.2) is 0 Å². The molecule has 1 N–H and O–H groups in total. The third-order valence-corrected chi connectivity index (χ3v) is 3.45. The number of fused-ring (bicyclic) bond motifs is 2. The van der Waals surface area contributed by atoms with Crippen LogP contribution in [0.4, 0.5) is 0 Å². The molecule has 0 spiro atoms. The first-order chi connectivity index (χ1) is 10.1. The van der Waals surface area contributed by atoms with E-state index in [0.717, 1.165) is 22.6 Å². The summed E-state index contributed by atoms with van der Waals surface area (Å²) in [6, 6.07) is 15.5. The SMILES string of the molecule is CN(C)CC(=O)NC1c2ccccc2Oc2ccccc21. The lowest BCUT2D eigenvalue weighted by Gasteiger charge is -2.29. The van der Waals surface area contributed by atoms with Gasteiger partial charge in [0.1, 0.15) is 11.5 Å². The summed E-state index contributed by atoms with van der Waals surface area (Å²) < 4.78 is 5.91. The molecular weight excluding hydrogens is 264 g/mol. The highest BCUT2D eigenvalue weighted by Gasteiger charge is 2.27. The molecule has 0 aromatic heterocycles. The smallest absolute Gasteiger partial charge is 0.234 e. The standard InChI is InChI=1S/C17H18N2O2/c1-19(2)11-16(20)18-17-12-7-3-5-9-14(12)21-15-10-6-4-8-13(15)17/h3-10,17H,11H2,1-2H3,(H,18,20). The molecule has 0 fully saturated rings. The summed E-state index contributed by atoms with van der Waals surface area (Å²) in [4.78, 5) is 14.0. The summed E-state index contributed by atoms with van der Waals surface area (Å²) in [5.41, 5.74) is 1.98. The minimum Gasteiger partial charge on any atom is -0.457 e. The number of carbonyl (C=O) groups excluding carboxylic acids is 1. The fraction of sp³-hybridized carbons (Fsp3) is 0.235. The van der Waals surface area contributed by atoms with Gasteiger partial charge in [-0.1, -0.05) is 36.4 Å². The number of para-hydroxylation sites is 2. The van der Waals surface area contributed by atoms with Crippen molar-refractivity contribution in [3.8, 4) is 11.5 Å². The Bertz CT molecular complexity index is 622. The lowest BCUT2D eigenvalue weighted by Crippen LogP contribution is -2.37. The van der Waals surface area contributed by atoms with Gasteiger partial charge < -0.3 is 15.0 Å². The number of likely N-dealkylation sites (N-methyl/N-ethyl adjacent to an activating group) is 1. The van der Waals surface area contributed by atoms with Gasteiger partial charge >= 0.3 is 0 Å². The first-order valence-electron chi connectivity index (χ1n) is 6.95. The maximum absolute atomic E-state index is 12.1. The van der Waals surface area contributed by atoms with Crippen LogP contribution in [0.2, 0.25) is 0 Å². The number of amides is 1. The Labute approximate surface area is 124 Å². The van der Waals surface area contributed by atoms with Gasteiger partial charge in [0.2, 0.25) is 5.91 Å².